The second-order valence-electron chi connectivity index (χ2n) is 5.21. The first kappa shape index (κ1) is 20.2. The van der Waals surface area contributed by atoms with Gasteiger partial charge < -0.3 is 25.6 Å². The van der Waals surface area contributed by atoms with E-state index in [0.717, 1.165) is 5.56 Å². The van der Waals surface area contributed by atoms with Crippen LogP contribution in [0.25, 0.3) is 0 Å². The highest BCUT2D eigenvalue weighted by atomic mass is 16.5. The minimum atomic E-state index is -1.31. The molecule has 0 saturated heterocycles. The van der Waals surface area contributed by atoms with Gasteiger partial charge in [0.2, 0.25) is 5.91 Å². The molecule has 0 fully saturated rings. The summed E-state index contributed by atoms with van der Waals surface area (Å²) in [4.78, 5) is 34.9. The van der Waals surface area contributed by atoms with Crippen molar-refractivity contribution in [1.82, 2.24) is 10.6 Å². The van der Waals surface area contributed by atoms with Crippen LogP contribution < -0.4 is 10.6 Å². The number of carbonyl (C=O) groups is 3. The van der Waals surface area contributed by atoms with Crippen LogP contribution in [0.15, 0.2) is 43.0 Å². The first-order valence-corrected chi connectivity index (χ1v) is 7.70. The summed E-state index contributed by atoms with van der Waals surface area (Å²) >= 11 is 0. The number of carboxylic acids is 1. The van der Waals surface area contributed by atoms with Crippen LogP contribution in [0.4, 0.5) is 4.79 Å². The van der Waals surface area contributed by atoms with Crippen LogP contribution in [-0.2, 0) is 20.9 Å². The first-order valence-electron chi connectivity index (χ1n) is 7.70. The number of aliphatic hydroxyl groups excluding tert-OH is 1. The lowest BCUT2D eigenvalue weighted by atomic mass is 10.1. The predicted octanol–water partition coefficient (Wildman–Crippen LogP) is 0.809. The monoisotopic (exact) mass is 350 g/mol. The van der Waals surface area contributed by atoms with Gasteiger partial charge in [-0.1, -0.05) is 36.4 Å². The Balaban J connectivity index is 2.52. The van der Waals surface area contributed by atoms with E-state index < -0.39 is 36.7 Å². The summed E-state index contributed by atoms with van der Waals surface area (Å²) in [5, 5.41) is 22.8. The van der Waals surface area contributed by atoms with Crippen LogP contribution in [0.3, 0.4) is 0 Å². The van der Waals surface area contributed by atoms with Gasteiger partial charge in [0.25, 0.3) is 0 Å². The van der Waals surface area contributed by atoms with Crippen molar-refractivity contribution in [2.24, 2.45) is 0 Å². The van der Waals surface area contributed by atoms with Crippen molar-refractivity contribution in [2.45, 2.75) is 31.5 Å². The summed E-state index contributed by atoms with van der Waals surface area (Å²) in [5.74, 6) is -2.02. The molecular formula is C17H22N2O6. The molecular weight excluding hydrogens is 328 g/mol. The number of hydrogen-bond acceptors (Lipinski definition) is 5. The van der Waals surface area contributed by atoms with Gasteiger partial charge in [-0.2, -0.15) is 0 Å². The Kier molecular flexibility index (Phi) is 8.73. The molecule has 0 aromatic heterocycles. The van der Waals surface area contributed by atoms with Gasteiger partial charge in [-0.05, 0) is 18.4 Å². The highest BCUT2D eigenvalue weighted by Crippen LogP contribution is 2.02. The molecule has 0 spiro atoms. The minimum Gasteiger partial charge on any atom is -0.480 e. The molecule has 25 heavy (non-hydrogen) atoms. The number of amides is 2. The predicted molar refractivity (Wildman–Crippen MR) is 89.6 cm³/mol. The zero-order valence-corrected chi connectivity index (χ0v) is 13.7. The average molecular weight is 350 g/mol. The smallest absolute Gasteiger partial charge is 0.408 e. The number of ether oxygens (including phenoxy) is 1. The van der Waals surface area contributed by atoms with Gasteiger partial charge in [-0.3, -0.25) is 4.79 Å². The van der Waals surface area contributed by atoms with Crippen LogP contribution >= 0.6 is 0 Å². The number of allylic oxidation sites excluding steroid dienone is 1. The molecule has 4 N–H and O–H groups in total. The van der Waals surface area contributed by atoms with E-state index in [2.05, 4.69) is 17.2 Å². The molecule has 0 radical (unpaired) electrons. The topological polar surface area (TPSA) is 125 Å². The second kappa shape index (κ2) is 10.8. The SMILES string of the molecule is C=CCC[C@H](NC(=O)[C@H](CO)NC(=O)OCc1ccccc1)C(=O)O. The molecule has 1 rings (SSSR count). The standard InChI is InChI=1S/C17H22N2O6/c1-2-3-9-13(16(22)23)18-15(21)14(10-20)19-17(24)25-11-12-7-5-4-6-8-12/h2,4-8,13-14,20H,1,3,9-11H2,(H,18,21)(H,19,24)(H,22,23)/t13-,14-/m0/s1. The summed E-state index contributed by atoms with van der Waals surface area (Å²) < 4.78 is 4.96. The number of hydrogen-bond donors (Lipinski definition) is 4. The molecule has 0 bridgehead atoms. The van der Waals surface area contributed by atoms with Crippen LogP contribution in [0.5, 0.6) is 0 Å². The number of benzene rings is 1. The fourth-order valence-corrected chi connectivity index (χ4v) is 1.92. The molecule has 8 heteroatoms. The number of carboxylic acid groups (broad SMARTS) is 1. The number of aliphatic hydroxyl groups is 1. The Labute approximate surface area is 145 Å². The number of aliphatic carboxylic acids is 1. The molecule has 0 aliphatic carbocycles. The largest absolute Gasteiger partial charge is 0.480 e. The highest BCUT2D eigenvalue weighted by molar-refractivity contribution is 5.89. The average Bonchev–Trinajstić information content (AvgIpc) is 2.61. The summed E-state index contributed by atoms with van der Waals surface area (Å²) in [6.45, 7) is 2.80. The fourth-order valence-electron chi connectivity index (χ4n) is 1.92. The second-order valence-corrected chi connectivity index (χ2v) is 5.21. The Hall–Kier alpha value is -2.87. The zero-order chi connectivity index (χ0) is 18.7. The van der Waals surface area contributed by atoms with Crippen molar-refractivity contribution in [3.63, 3.8) is 0 Å². The minimum absolute atomic E-state index is 0.00350. The maximum absolute atomic E-state index is 12.0. The van der Waals surface area contributed by atoms with E-state index in [1.165, 1.54) is 6.08 Å². The fraction of sp³-hybridized carbons (Fsp3) is 0.353. The van der Waals surface area contributed by atoms with Gasteiger partial charge >= 0.3 is 12.1 Å². The quantitative estimate of drug-likeness (QED) is 0.463. The normalized spacial score (nSPS) is 12.5. The molecule has 1 aromatic rings. The van der Waals surface area contributed by atoms with Crippen LogP contribution in [-0.4, -0.2) is 46.9 Å². The van der Waals surface area contributed by atoms with Crippen molar-refractivity contribution < 1.29 is 29.3 Å². The zero-order valence-electron chi connectivity index (χ0n) is 13.7. The molecule has 2 amide bonds. The molecule has 1 aromatic carbocycles. The lowest BCUT2D eigenvalue weighted by Gasteiger charge is -2.19. The van der Waals surface area contributed by atoms with E-state index in [9.17, 15) is 19.5 Å². The van der Waals surface area contributed by atoms with E-state index in [1.54, 1.807) is 24.3 Å². The maximum Gasteiger partial charge on any atom is 0.408 e. The molecule has 0 heterocycles. The Bertz CT molecular complexity index is 590. The molecule has 136 valence electrons. The van der Waals surface area contributed by atoms with Crippen LogP contribution in [0.2, 0.25) is 0 Å². The van der Waals surface area contributed by atoms with Gasteiger partial charge in [0.1, 0.15) is 18.7 Å². The van der Waals surface area contributed by atoms with Crippen molar-refractivity contribution in [2.75, 3.05) is 6.61 Å². The highest BCUT2D eigenvalue weighted by Gasteiger charge is 2.26. The number of alkyl carbamates (subject to hydrolysis) is 1. The molecule has 2 atom stereocenters. The van der Waals surface area contributed by atoms with Crippen LogP contribution in [0.1, 0.15) is 18.4 Å². The van der Waals surface area contributed by atoms with E-state index in [4.69, 9.17) is 9.84 Å². The van der Waals surface area contributed by atoms with Crippen LogP contribution in [0, 0.1) is 0 Å². The number of rotatable bonds is 10. The lowest BCUT2D eigenvalue weighted by molar-refractivity contribution is -0.142. The summed E-state index contributed by atoms with van der Waals surface area (Å²) in [6, 6.07) is 6.48. The Morgan fingerprint density at radius 3 is 2.40 bits per heavy atom. The number of nitrogens with one attached hydrogen (secondary N) is 2. The third-order valence-electron chi connectivity index (χ3n) is 3.28. The molecule has 0 saturated carbocycles. The van der Waals surface area contributed by atoms with Gasteiger partial charge in [0.15, 0.2) is 0 Å². The first-order chi connectivity index (χ1) is 12.0. The van der Waals surface area contributed by atoms with Crippen molar-refractivity contribution >= 4 is 18.0 Å². The van der Waals surface area contributed by atoms with E-state index in [0.29, 0.717) is 6.42 Å². The molecule has 0 unspecified atom stereocenters. The Morgan fingerprint density at radius 2 is 1.84 bits per heavy atom. The van der Waals surface area contributed by atoms with Gasteiger partial charge in [0, 0.05) is 0 Å². The van der Waals surface area contributed by atoms with Crippen molar-refractivity contribution in [1.29, 1.82) is 0 Å². The molecule has 0 aliphatic rings. The van der Waals surface area contributed by atoms with Gasteiger partial charge in [-0.25, -0.2) is 9.59 Å². The third kappa shape index (κ3) is 7.49. The third-order valence-corrected chi connectivity index (χ3v) is 3.28. The van der Waals surface area contributed by atoms with Gasteiger partial charge in [0.05, 0.1) is 6.61 Å². The van der Waals surface area contributed by atoms with E-state index in [-0.39, 0.29) is 13.0 Å². The summed E-state index contributed by atoms with van der Waals surface area (Å²) in [7, 11) is 0. The van der Waals surface area contributed by atoms with E-state index in [1.807, 2.05) is 6.07 Å². The molecule has 0 aliphatic heterocycles. The van der Waals surface area contributed by atoms with Crippen molar-refractivity contribution in [3.8, 4) is 0 Å². The lowest BCUT2D eigenvalue weighted by Crippen LogP contribution is -2.53. The molecule has 8 nitrogen and oxygen atoms in total. The summed E-state index contributed by atoms with van der Waals surface area (Å²) in [5.41, 5.74) is 0.762. The Morgan fingerprint density at radius 1 is 1.16 bits per heavy atom. The van der Waals surface area contributed by atoms with E-state index >= 15 is 0 Å². The maximum atomic E-state index is 12.0. The summed E-state index contributed by atoms with van der Waals surface area (Å²) in [6.07, 6.45) is 1.19. The van der Waals surface area contributed by atoms with Crippen molar-refractivity contribution in [3.05, 3.63) is 48.6 Å². The number of carbonyl (C=O) groups excluding carboxylic acids is 2. The van der Waals surface area contributed by atoms with Gasteiger partial charge in [-0.15, -0.1) is 6.58 Å².